The number of hydrogen-bond acceptors (Lipinski definition) is 2. The Morgan fingerprint density at radius 2 is 0.936 bits per heavy atom. The molecule has 0 amide bonds. The maximum absolute atomic E-state index is 7.26. The standard InChI is InChI=1S/C21H26N2.C15H27P.C5H8.2ClH.Ru/c1-14-9-16(3)20(17(4)10-14)22-7-8-23(13-22)21-18(5)11-15(2)12-19(21)6;1-2-8-13(7-1)16(14-9-3-4-10-14)15-11-5-6-12-15;1-4-5(2)3;;;/h9-12H,7-8H2,1-6H3;13-15H,1-12H2;1,4H,2-3H3;2*1H;/q;;;;;+2/p-1. The van der Waals surface area contributed by atoms with E-state index in [-0.39, 0.29) is 7.92 Å². The van der Waals surface area contributed by atoms with E-state index in [1.54, 1.807) is 77.0 Å². The molecule has 0 bridgehead atoms. The molecule has 0 N–H and O–H groups in total. The summed E-state index contributed by atoms with van der Waals surface area (Å²) in [4.78, 5) is 4.79. The van der Waals surface area contributed by atoms with Crippen LogP contribution in [0, 0.1) is 41.5 Å². The first-order valence-electron chi connectivity index (χ1n) is 18.4. The van der Waals surface area contributed by atoms with Crippen molar-refractivity contribution in [1.82, 2.24) is 0 Å². The average molecular weight is 786 g/mol. The van der Waals surface area contributed by atoms with Gasteiger partial charge in [-0.15, -0.1) is 0 Å². The van der Waals surface area contributed by atoms with Crippen molar-refractivity contribution in [2.45, 2.75) is 149 Å². The molecule has 1 aliphatic heterocycles. The van der Waals surface area contributed by atoms with Crippen molar-refractivity contribution in [1.29, 1.82) is 0 Å². The molecule has 3 aliphatic carbocycles. The molecule has 2 nitrogen and oxygen atoms in total. The number of aryl methyl sites for hydroxylation is 6. The predicted molar refractivity (Wildman–Crippen MR) is 213 cm³/mol. The van der Waals surface area contributed by atoms with E-state index >= 15 is 0 Å². The van der Waals surface area contributed by atoms with Crippen LogP contribution < -0.4 is 9.80 Å². The molecule has 2 aromatic carbocycles. The third-order valence-corrected chi connectivity index (χ3v) is 21.0. The third kappa shape index (κ3) is 8.91. The molecule has 6 heteroatoms. The van der Waals surface area contributed by atoms with Crippen molar-refractivity contribution in [2.24, 2.45) is 0 Å². The summed E-state index contributed by atoms with van der Waals surface area (Å²) in [5.41, 5.74) is 15.0. The molecule has 3 saturated carbocycles. The zero-order chi connectivity index (χ0) is 33.9. The second-order valence-corrected chi connectivity index (χ2v) is 28.1. The summed E-state index contributed by atoms with van der Waals surface area (Å²) in [6.07, 6.45) is 21.2. The number of nitrogens with zero attached hydrogens (tertiary/aromatic N) is 2. The van der Waals surface area contributed by atoms with Crippen molar-refractivity contribution >= 4 is 47.6 Å². The second-order valence-electron chi connectivity index (χ2n) is 15.3. The molecule has 0 spiro atoms. The van der Waals surface area contributed by atoms with Crippen LogP contribution in [0.2, 0.25) is 0 Å². The molecule has 1 heterocycles. The van der Waals surface area contributed by atoms with Crippen molar-refractivity contribution in [3.05, 3.63) is 69.3 Å². The van der Waals surface area contributed by atoms with Crippen LogP contribution in [0.3, 0.4) is 0 Å². The Hall–Kier alpha value is -0.847. The van der Waals surface area contributed by atoms with Gasteiger partial charge in [0.1, 0.15) is 0 Å². The molecule has 47 heavy (non-hydrogen) atoms. The van der Waals surface area contributed by atoms with Crippen LogP contribution in [0.25, 0.3) is 0 Å². The van der Waals surface area contributed by atoms with E-state index < -0.39 is 11.9 Å². The van der Waals surface area contributed by atoms with Gasteiger partial charge in [-0.05, 0) is 77.0 Å². The monoisotopic (exact) mass is 785 g/mol. The van der Waals surface area contributed by atoms with Gasteiger partial charge < -0.3 is 0 Å². The van der Waals surface area contributed by atoms with Crippen LogP contribution in [0.5, 0.6) is 0 Å². The molecule has 4 fully saturated rings. The number of anilines is 2. The van der Waals surface area contributed by atoms with Gasteiger partial charge in [-0.1, -0.05) is 0 Å². The van der Waals surface area contributed by atoms with Gasteiger partial charge in [0.25, 0.3) is 0 Å². The molecule has 6 rings (SSSR count). The van der Waals surface area contributed by atoms with Gasteiger partial charge >= 0.3 is 199 Å². The van der Waals surface area contributed by atoms with Gasteiger partial charge in [-0.2, -0.15) is 0 Å². The molecule has 0 unspecified atom stereocenters. The molecule has 1 saturated heterocycles. The van der Waals surface area contributed by atoms with E-state index in [1.165, 1.54) is 67.3 Å². The first-order chi connectivity index (χ1) is 22.4. The van der Waals surface area contributed by atoms with Crippen LogP contribution in [-0.4, -0.2) is 39.0 Å². The van der Waals surface area contributed by atoms with Gasteiger partial charge in [0, 0.05) is 7.92 Å². The number of rotatable bonds is 6. The molecular formula is C41H62Cl2N2PRu+. The Morgan fingerprint density at radius 3 is 1.23 bits per heavy atom. The Bertz CT molecular complexity index is 1400. The average Bonchev–Trinajstić information content (AvgIpc) is 3.81. The number of allylic oxidation sites excluding steroid dienone is 2. The quantitative estimate of drug-likeness (QED) is 0.213. The SMILES string of the molecule is C1CCC([PH+](C2CCCC2)C2CCCC2)C1.CC(C)=C[CH]=[Ru]([Cl])([Cl])=[C]1N(c2c(C)cc(C)cc2C)CCN1c1c(C)cc(C)cc1C. The van der Waals surface area contributed by atoms with Gasteiger partial charge in [0.15, 0.2) is 0 Å². The van der Waals surface area contributed by atoms with E-state index in [0.29, 0.717) is 0 Å². The van der Waals surface area contributed by atoms with Crippen molar-refractivity contribution in [2.75, 3.05) is 22.9 Å². The Balaban J connectivity index is 0.000000225. The number of halogens is 2. The van der Waals surface area contributed by atoms with Crippen LogP contribution in [0.1, 0.15) is 124 Å². The Morgan fingerprint density at radius 1 is 0.617 bits per heavy atom. The molecule has 2 aromatic rings. The molecular weight excluding hydrogens is 723 g/mol. The fourth-order valence-electron chi connectivity index (χ4n) is 9.40. The van der Waals surface area contributed by atoms with Crippen molar-refractivity contribution in [3.63, 3.8) is 0 Å². The summed E-state index contributed by atoms with van der Waals surface area (Å²) in [7, 11) is 14.5. The molecule has 0 aromatic heterocycles. The third-order valence-electron chi connectivity index (χ3n) is 11.0. The van der Waals surface area contributed by atoms with Crippen molar-refractivity contribution < 1.29 is 11.9 Å². The van der Waals surface area contributed by atoms with Crippen LogP contribution in [-0.2, 0) is 11.9 Å². The maximum atomic E-state index is 7.26. The minimum absolute atomic E-state index is 0.0224. The topological polar surface area (TPSA) is 6.48 Å². The first-order valence-corrected chi connectivity index (χ1v) is 26.5. The second kappa shape index (κ2) is 16.4. The molecule has 0 atom stereocenters. The predicted octanol–water partition coefficient (Wildman–Crippen LogP) is 12.2. The number of hydrogen-bond donors (Lipinski definition) is 0. The van der Waals surface area contributed by atoms with Gasteiger partial charge in [0.2, 0.25) is 0 Å². The summed E-state index contributed by atoms with van der Waals surface area (Å²) < 4.78 is 3.15. The van der Waals surface area contributed by atoms with Crippen LogP contribution >= 0.6 is 27.3 Å². The summed E-state index contributed by atoms with van der Waals surface area (Å²) in [6.45, 7) is 19.0. The van der Waals surface area contributed by atoms with E-state index in [1.807, 2.05) is 0 Å². The Kier molecular flexibility index (Phi) is 13.1. The number of benzene rings is 2. The molecule has 4 aliphatic rings. The fraction of sp³-hybridized carbons (Fsp3) is 0.610. The van der Waals surface area contributed by atoms with Gasteiger partial charge in [-0.3, -0.25) is 0 Å². The van der Waals surface area contributed by atoms with Crippen LogP contribution in [0.4, 0.5) is 11.4 Å². The van der Waals surface area contributed by atoms with Crippen LogP contribution in [0.15, 0.2) is 35.9 Å². The van der Waals surface area contributed by atoms with E-state index in [0.717, 1.165) is 17.4 Å². The summed E-state index contributed by atoms with van der Waals surface area (Å²) in [6, 6.07) is 9.00. The zero-order valence-electron chi connectivity index (χ0n) is 30.6. The first kappa shape index (κ1) is 37.4. The molecule has 262 valence electrons. The van der Waals surface area contributed by atoms with E-state index in [2.05, 4.69) is 100 Å². The zero-order valence-corrected chi connectivity index (χ0v) is 34.8. The summed E-state index contributed by atoms with van der Waals surface area (Å²) in [5, 5.41) is 0. The summed E-state index contributed by atoms with van der Waals surface area (Å²) >= 11 is -3.33. The summed E-state index contributed by atoms with van der Waals surface area (Å²) in [5.74, 6) is 0. The minimum atomic E-state index is -3.33. The van der Waals surface area contributed by atoms with E-state index in [9.17, 15) is 0 Å². The normalized spacial score (nSPS) is 19.9. The molecule has 0 radical (unpaired) electrons. The van der Waals surface area contributed by atoms with Crippen molar-refractivity contribution in [3.8, 4) is 0 Å². The van der Waals surface area contributed by atoms with Gasteiger partial charge in [-0.25, -0.2) is 0 Å². The van der Waals surface area contributed by atoms with E-state index in [4.69, 9.17) is 19.4 Å². The fourth-order valence-corrected chi connectivity index (χ4v) is 20.1. The Labute approximate surface area is 299 Å². The van der Waals surface area contributed by atoms with Gasteiger partial charge in [0.05, 0.1) is 17.0 Å².